The van der Waals surface area contributed by atoms with Gasteiger partial charge in [0.25, 0.3) is 0 Å². The van der Waals surface area contributed by atoms with Crippen LogP contribution in [0.5, 0.6) is 11.5 Å². The molecule has 5 rings (SSSR count). The van der Waals surface area contributed by atoms with Crippen molar-refractivity contribution < 1.29 is 9.47 Å². The summed E-state index contributed by atoms with van der Waals surface area (Å²) in [6.45, 7) is 6.45. The smallest absolute Gasteiger partial charge is 0.163 e. The van der Waals surface area contributed by atoms with Crippen molar-refractivity contribution in [2.45, 2.75) is 63.8 Å². The van der Waals surface area contributed by atoms with Crippen LogP contribution in [-0.4, -0.2) is 62.4 Å². The second-order valence-electron chi connectivity index (χ2n) is 9.58. The molecule has 1 aromatic carbocycles. The first-order valence-electron chi connectivity index (χ1n) is 12.7. The molecule has 0 unspecified atom stereocenters. The first-order chi connectivity index (χ1) is 15.8. The summed E-state index contributed by atoms with van der Waals surface area (Å²) in [6.07, 6.45) is 10.8. The zero-order valence-electron chi connectivity index (χ0n) is 19.5. The van der Waals surface area contributed by atoms with Gasteiger partial charge in [0.15, 0.2) is 11.5 Å². The SMILES string of the molecule is COc1cc2c(N[C@@H]3CCCCNC3)c3c(nc2cc1OCCCN1CCCC1)CCC3. The first-order valence-corrected chi connectivity index (χ1v) is 12.7. The lowest BCUT2D eigenvalue weighted by atomic mass is 10.0. The Morgan fingerprint density at radius 3 is 2.88 bits per heavy atom. The van der Waals surface area contributed by atoms with Crippen LogP contribution in [-0.2, 0) is 12.8 Å². The molecule has 0 spiro atoms. The maximum absolute atomic E-state index is 6.20. The van der Waals surface area contributed by atoms with E-state index >= 15 is 0 Å². The fourth-order valence-corrected chi connectivity index (χ4v) is 5.53. The van der Waals surface area contributed by atoms with Gasteiger partial charge in [-0.05, 0) is 82.6 Å². The minimum Gasteiger partial charge on any atom is -0.493 e. The van der Waals surface area contributed by atoms with Crippen LogP contribution in [0, 0.1) is 0 Å². The molecule has 2 fully saturated rings. The van der Waals surface area contributed by atoms with E-state index < -0.39 is 0 Å². The number of nitrogens with one attached hydrogen (secondary N) is 2. The highest BCUT2D eigenvalue weighted by atomic mass is 16.5. The minimum atomic E-state index is 0.459. The Morgan fingerprint density at radius 1 is 1.09 bits per heavy atom. The molecule has 3 heterocycles. The number of nitrogens with zero attached hydrogens (tertiary/aromatic N) is 2. The largest absolute Gasteiger partial charge is 0.493 e. The van der Waals surface area contributed by atoms with Gasteiger partial charge in [-0.2, -0.15) is 0 Å². The standard InChI is InChI=1S/C26H38N4O2/c1-31-24-16-21-23(17-25(24)32-15-7-14-30-12-4-5-13-30)29-22-10-6-9-20(22)26(21)28-19-8-2-3-11-27-18-19/h16-17,19,27H,2-15,18H2,1H3,(H,28,29)/t19-/m1/s1. The molecule has 2 aliphatic heterocycles. The Morgan fingerprint density at radius 2 is 2.00 bits per heavy atom. The molecule has 2 aromatic rings. The molecule has 32 heavy (non-hydrogen) atoms. The first kappa shape index (κ1) is 21.8. The van der Waals surface area contributed by atoms with Gasteiger partial charge in [0.05, 0.1) is 19.2 Å². The van der Waals surface area contributed by atoms with Gasteiger partial charge in [-0.3, -0.25) is 4.98 Å². The number of fused-ring (bicyclic) bond motifs is 2. The summed E-state index contributed by atoms with van der Waals surface area (Å²) < 4.78 is 12.0. The van der Waals surface area contributed by atoms with E-state index in [0.717, 1.165) is 61.3 Å². The van der Waals surface area contributed by atoms with E-state index in [1.807, 2.05) is 0 Å². The molecule has 0 saturated carbocycles. The molecule has 1 aromatic heterocycles. The zero-order valence-corrected chi connectivity index (χ0v) is 19.5. The van der Waals surface area contributed by atoms with Crippen molar-refractivity contribution in [2.24, 2.45) is 0 Å². The van der Waals surface area contributed by atoms with Crippen LogP contribution in [0.1, 0.15) is 56.2 Å². The number of pyridine rings is 1. The van der Waals surface area contributed by atoms with Gasteiger partial charge in [-0.15, -0.1) is 0 Å². The molecule has 6 heteroatoms. The topological polar surface area (TPSA) is 58.6 Å². The van der Waals surface area contributed by atoms with E-state index in [1.165, 1.54) is 68.6 Å². The van der Waals surface area contributed by atoms with Crippen LogP contribution in [0.2, 0.25) is 0 Å². The van der Waals surface area contributed by atoms with E-state index in [0.29, 0.717) is 12.6 Å². The average molecular weight is 439 g/mol. The number of hydrogen-bond donors (Lipinski definition) is 2. The lowest BCUT2D eigenvalue weighted by Crippen LogP contribution is -2.31. The highest BCUT2D eigenvalue weighted by molar-refractivity contribution is 5.96. The molecule has 2 saturated heterocycles. The van der Waals surface area contributed by atoms with Gasteiger partial charge in [-0.1, -0.05) is 6.42 Å². The van der Waals surface area contributed by atoms with E-state index in [4.69, 9.17) is 14.5 Å². The molecule has 6 nitrogen and oxygen atoms in total. The second kappa shape index (κ2) is 10.3. The molecular weight excluding hydrogens is 400 g/mol. The van der Waals surface area contributed by atoms with Crippen molar-refractivity contribution in [1.29, 1.82) is 0 Å². The molecule has 174 valence electrons. The number of ether oxygens (including phenoxy) is 2. The quantitative estimate of drug-likeness (QED) is 0.604. The van der Waals surface area contributed by atoms with Crippen LogP contribution in [0.3, 0.4) is 0 Å². The zero-order chi connectivity index (χ0) is 21.8. The van der Waals surface area contributed by atoms with Crippen molar-refractivity contribution in [3.05, 3.63) is 23.4 Å². The van der Waals surface area contributed by atoms with Crippen molar-refractivity contribution in [2.75, 3.05) is 51.8 Å². The van der Waals surface area contributed by atoms with E-state index in [-0.39, 0.29) is 0 Å². The maximum Gasteiger partial charge on any atom is 0.163 e. The van der Waals surface area contributed by atoms with E-state index in [2.05, 4.69) is 27.7 Å². The summed E-state index contributed by atoms with van der Waals surface area (Å²) in [6, 6.07) is 4.70. The lowest BCUT2D eigenvalue weighted by Gasteiger charge is -2.22. The molecule has 2 N–H and O–H groups in total. The third kappa shape index (κ3) is 4.81. The van der Waals surface area contributed by atoms with Crippen LogP contribution < -0.4 is 20.1 Å². The van der Waals surface area contributed by atoms with Crippen molar-refractivity contribution in [1.82, 2.24) is 15.2 Å². The third-order valence-corrected chi connectivity index (χ3v) is 7.27. The number of aromatic nitrogens is 1. The number of anilines is 1. The number of rotatable bonds is 8. The number of methoxy groups -OCH3 is 1. The molecule has 1 aliphatic carbocycles. The monoisotopic (exact) mass is 438 g/mol. The summed E-state index contributed by atoms with van der Waals surface area (Å²) >= 11 is 0. The van der Waals surface area contributed by atoms with Crippen LogP contribution in [0.25, 0.3) is 10.9 Å². The summed E-state index contributed by atoms with van der Waals surface area (Å²) in [5, 5.41) is 8.66. The van der Waals surface area contributed by atoms with Crippen LogP contribution >= 0.6 is 0 Å². The number of likely N-dealkylation sites (tertiary alicyclic amines) is 1. The van der Waals surface area contributed by atoms with E-state index in [9.17, 15) is 0 Å². The Balaban J connectivity index is 1.39. The van der Waals surface area contributed by atoms with Crippen LogP contribution in [0.4, 0.5) is 5.69 Å². The molecular formula is C26H38N4O2. The molecule has 0 bridgehead atoms. The summed E-state index contributed by atoms with van der Waals surface area (Å²) in [7, 11) is 1.74. The highest BCUT2D eigenvalue weighted by Gasteiger charge is 2.23. The fourth-order valence-electron chi connectivity index (χ4n) is 5.53. The summed E-state index contributed by atoms with van der Waals surface area (Å²) in [4.78, 5) is 7.59. The highest BCUT2D eigenvalue weighted by Crippen LogP contribution is 2.40. The van der Waals surface area contributed by atoms with Gasteiger partial charge in [0.1, 0.15) is 0 Å². The van der Waals surface area contributed by atoms with Crippen molar-refractivity contribution in [3.8, 4) is 11.5 Å². The third-order valence-electron chi connectivity index (χ3n) is 7.27. The molecule has 0 radical (unpaired) electrons. The normalized spacial score (nSPS) is 21.5. The maximum atomic E-state index is 6.20. The van der Waals surface area contributed by atoms with Crippen molar-refractivity contribution in [3.63, 3.8) is 0 Å². The van der Waals surface area contributed by atoms with E-state index in [1.54, 1.807) is 7.11 Å². The fraction of sp³-hybridized carbons (Fsp3) is 0.654. The molecule has 3 aliphatic rings. The van der Waals surface area contributed by atoms with Gasteiger partial charge in [0, 0.05) is 42.0 Å². The molecule has 0 amide bonds. The predicted octanol–water partition coefficient (Wildman–Crippen LogP) is 4.15. The summed E-state index contributed by atoms with van der Waals surface area (Å²) in [5.41, 5.74) is 4.95. The molecule has 1 atom stereocenters. The lowest BCUT2D eigenvalue weighted by molar-refractivity contribution is 0.254. The Hall–Kier alpha value is -2.05. The Kier molecular flexibility index (Phi) is 6.98. The number of aryl methyl sites for hydroxylation is 1. The Bertz CT molecular complexity index is 918. The average Bonchev–Trinajstić information content (AvgIpc) is 3.43. The Labute approximate surface area is 192 Å². The number of hydrogen-bond acceptors (Lipinski definition) is 6. The van der Waals surface area contributed by atoms with Crippen molar-refractivity contribution >= 4 is 16.6 Å². The van der Waals surface area contributed by atoms with Gasteiger partial charge in [-0.25, -0.2) is 0 Å². The van der Waals surface area contributed by atoms with Gasteiger partial charge < -0.3 is 25.0 Å². The summed E-state index contributed by atoms with van der Waals surface area (Å²) in [5.74, 6) is 1.62. The second-order valence-corrected chi connectivity index (χ2v) is 9.58. The minimum absolute atomic E-state index is 0.459. The van der Waals surface area contributed by atoms with Gasteiger partial charge in [0.2, 0.25) is 0 Å². The van der Waals surface area contributed by atoms with Gasteiger partial charge >= 0.3 is 0 Å². The van der Waals surface area contributed by atoms with Crippen LogP contribution in [0.15, 0.2) is 12.1 Å². The number of benzene rings is 1. The predicted molar refractivity (Wildman–Crippen MR) is 130 cm³/mol.